The second kappa shape index (κ2) is 6.39. The van der Waals surface area contributed by atoms with E-state index in [1.807, 2.05) is 0 Å². The molecule has 112 valence electrons. The summed E-state index contributed by atoms with van der Waals surface area (Å²) < 4.78 is 5.66. The topological polar surface area (TPSA) is 58.2 Å². The second-order valence-electron chi connectivity index (χ2n) is 6.02. The van der Waals surface area contributed by atoms with Crippen molar-refractivity contribution < 1.29 is 4.74 Å². The van der Waals surface area contributed by atoms with Crippen molar-refractivity contribution in [2.75, 3.05) is 13.2 Å². The third kappa shape index (κ3) is 4.07. The summed E-state index contributed by atoms with van der Waals surface area (Å²) in [5, 5.41) is 0. The summed E-state index contributed by atoms with van der Waals surface area (Å²) in [6.07, 6.45) is 2.22. The second-order valence-corrected chi connectivity index (χ2v) is 6.02. The predicted molar refractivity (Wildman–Crippen MR) is 79.3 cm³/mol. The van der Waals surface area contributed by atoms with Gasteiger partial charge in [0.2, 0.25) is 5.88 Å². The molecule has 1 saturated carbocycles. The van der Waals surface area contributed by atoms with Crippen molar-refractivity contribution in [3.05, 3.63) is 22.2 Å². The highest BCUT2D eigenvalue weighted by Gasteiger charge is 2.26. The molecule has 0 atom stereocenters. The first-order valence-electron chi connectivity index (χ1n) is 7.47. The minimum Gasteiger partial charge on any atom is -0.476 e. The molecule has 0 radical (unpaired) electrons. The summed E-state index contributed by atoms with van der Waals surface area (Å²) in [5.74, 6) is 1.65. The van der Waals surface area contributed by atoms with Crippen LogP contribution in [-0.2, 0) is 0 Å². The number of nitrogens with zero attached hydrogens (tertiary/aromatic N) is 2. The molecule has 0 unspecified atom stereocenters. The first-order valence-corrected chi connectivity index (χ1v) is 7.47. The summed E-state index contributed by atoms with van der Waals surface area (Å²) in [7, 11) is 0. The number of rotatable bonds is 7. The van der Waals surface area contributed by atoms with Crippen LogP contribution in [0.1, 0.15) is 52.3 Å². The molecule has 1 aliphatic rings. The van der Waals surface area contributed by atoms with Gasteiger partial charge >= 0.3 is 0 Å². The molecular weight excluding hydrogens is 254 g/mol. The van der Waals surface area contributed by atoms with Gasteiger partial charge in [0, 0.05) is 24.5 Å². The average molecular weight is 279 g/mol. The fraction of sp³-hybridized carbons (Fsp3) is 0.733. The summed E-state index contributed by atoms with van der Waals surface area (Å²) in [5.41, 5.74) is -0.124. The van der Waals surface area contributed by atoms with Gasteiger partial charge in [-0.2, -0.15) is 4.98 Å². The lowest BCUT2D eigenvalue weighted by atomic mass is 10.2. The van der Waals surface area contributed by atoms with E-state index in [-0.39, 0.29) is 5.56 Å². The molecule has 0 aliphatic heterocycles. The van der Waals surface area contributed by atoms with E-state index in [9.17, 15) is 4.79 Å². The lowest BCUT2D eigenvalue weighted by Crippen LogP contribution is -2.39. The van der Waals surface area contributed by atoms with Crippen molar-refractivity contribution in [3.8, 4) is 5.88 Å². The Morgan fingerprint density at radius 2 is 2.00 bits per heavy atom. The van der Waals surface area contributed by atoms with Crippen LogP contribution in [0, 0.1) is 0 Å². The molecule has 1 aromatic rings. The zero-order chi connectivity index (χ0) is 14.7. The maximum Gasteiger partial charge on any atom is 0.254 e. The quantitative estimate of drug-likeness (QED) is 0.831. The van der Waals surface area contributed by atoms with Crippen molar-refractivity contribution in [3.63, 3.8) is 0 Å². The SMILES string of the molecule is CC(C)N(CCOc1cc(=O)[nH]c(C2CC2)n1)C(C)C. The lowest BCUT2D eigenvalue weighted by molar-refractivity contribution is 0.140. The van der Waals surface area contributed by atoms with Gasteiger partial charge in [-0.3, -0.25) is 9.69 Å². The fourth-order valence-corrected chi connectivity index (χ4v) is 2.45. The molecule has 0 spiro atoms. The zero-order valence-electron chi connectivity index (χ0n) is 12.8. The van der Waals surface area contributed by atoms with Crippen molar-refractivity contribution in [2.45, 2.75) is 58.5 Å². The van der Waals surface area contributed by atoms with Crippen LogP contribution in [0.25, 0.3) is 0 Å². The van der Waals surface area contributed by atoms with Crippen LogP contribution in [0.3, 0.4) is 0 Å². The van der Waals surface area contributed by atoms with Gasteiger partial charge in [-0.1, -0.05) is 0 Å². The van der Waals surface area contributed by atoms with Gasteiger partial charge in [0.25, 0.3) is 5.56 Å². The molecule has 20 heavy (non-hydrogen) atoms. The lowest BCUT2D eigenvalue weighted by Gasteiger charge is -2.30. The van der Waals surface area contributed by atoms with Gasteiger partial charge in [0.1, 0.15) is 12.4 Å². The van der Waals surface area contributed by atoms with E-state index in [1.165, 1.54) is 6.07 Å². The minimum atomic E-state index is -0.124. The molecule has 2 rings (SSSR count). The molecule has 1 N–H and O–H groups in total. The largest absolute Gasteiger partial charge is 0.476 e. The Bertz CT molecular complexity index is 484. The molecule has 1 aromatic heterocycles. The van der Waals surface area contributed by atoms with E-state index in [0.29, 0.717) is 30.5 Å². The summed E-state index contributed by atoms with van der Waals surface area (Å²) in [6.45, 7) is 10.1. The van der Waals surface area contributed by atoms with Crippen LogP contribution in [0.15, 0.2) is 10.9 Å². The molecule has 1 aliphatic carbocycles. The van der Waals surface area contributed by atoms with E-state index >= 15 is 0 Å². The Morgan fingerprint density at radius 1 is 1.35 bits per heavy atom. The smallest absolute Gasteiger partial charge is 0.254 e. The monoisotopic (exact) mass is 279 g/mol. The van der Waals surface area contributed by atoms with Crippen LogP contribution < -0.4 is 10.3 Å². The van der Waals surface area contributed by atoms with Crippen molar-refractivity contribution >= 4 is 0 Å². The number of hydrogen-bond acceptors (Lipinski definition) is 4. The highest BCUT2D eigenvalue weighted by atomic mass is 16.5. The van der Waals surface area contributed by atoms with E-state index in [0.717, 1.165) is 25.2 Å². The van der Waals surface area contributed by atoms with E-state index in [2.05, 4.69) is 42.6 Å². The van der Waals surface area contributed by atoms with Gasteiger partial charge < -0.3 is 9.72 Å². The molecule has 5 heteroatoms. The van der Waals surface area contributed by atoms with Crippen LogP contribution in [0.5, 0.6) is 5.88 Å². The standard InChI is InChI=1S/C15H25N3O2/c1-10(2)18(11(3)4)7-8-20-14-9-13(19)16-15(17-14)12-5-6-12/h9-12H,5-8H2,1-4H3,(H,16,17,19). The highest BCUT2D eigenvalue weighted by molar-refractivity contribution is 5.14. The van der Waals surface area contributed by atoms with Crippen LogP contribution in [0.4, 0.5) is 0 Å². The summed E-state index contributed by atoms with van der Waals surface area (Å²) in [4.78, 5) is 21.1. The van der Waals surface area contributed by atoms with Crippen LogP contribution in [0.2, 0.25) is 0 Å². The van der Waals surface area contributed by atoms with E-state index in [4.69, 9.17) is 4.74 Å². The molecule has 1 fully saturated rings. The van der Waals surface area contributed by atoms with Gasteiger partial charge in [0.05, 0.1) is 6.07 Å². The average Bonchev–Trinajstić information content (AvgIpc) is 3.17. The van der Waals surface area contributed by atoms with Crippen LogP contribution >= 0.6 is 0 Å². The number of H-pyrrole nitrogens is 1. The molecule has 5 nitrogen and oxygen atoms in total. The predicted octanol–water partition coefficient (Wildman–Crippen LogP) is 2.14. The van der Waals surface area contributed by atoms with Crippen molar-refractivity contribution in [1.29, 1.82) is 0 Å². The van der Waals surface area contributed by atoms with Gasteiger partial charge in [-0.25, -0.2) is 0 Å². The highest BCUT2D eigenvalue weighted by Crippen LogP contribution is 2.37. The Labute approximate surface area is 120 Å². The van der Waals surface area contributed by atoms with Gasteiger partial charge in [-0.05, 0) is 40.5 Å². The number of ether oxygens (including phenoxy) is 1. The number of aromatic amines is 1. The molecule has 0 bridgehead atoms. The van der Waals surface area contributed by atoms with Crippen LogP contribution in [-0.4, -0.2) is 40.1 Å². The molecule has 0 saturated heterocycles. The first kappa shape index (κ1) is 15.0. The number of aromatic nitrogens is 2. The zero-order valence-corrected chi connectivity index (χ0v) is 12.8. The molecular formula is C15H25N3O2. The molecule has 0 amide bonds. The third-order valence-corrected chi connectivity index (χ3v) is 3.63. The Morgan fingerprint density at radius 3 is 2.55 bits per heavy atom. The van der Waals surface area contributed by atoms with Gasteiger partial charge in [0.15, 0.2) is 0 Å². The normalized spacial score (nSPS) is 15.3. The Hall–Kier alpha value is -1.36. The molecule has 1 heterocycles. The van der Waals surface area contributed by atoms with Crippen molar-refractivity contribution in [1.82, 2.24) is 14.9 Å². The molecule has 0 aromatic carbocycles. The Balaban J connectivity index is 1.92. The summed E-state index contributed by atoms with van der Waals surface area (Å²) in [6, 6.07) is 2.39. The maximum absolute atomic E-state index is 11.6. The van der Waals surface area contributed by atoms with E-state index in [1.54, 1.807) is 0 Å². The number of nitrogens with one attached hydrogen (secondary N) is 1. The maximum atomic E-state index is 11.6. The third-order valence-electron chi connectivity index (χ3n) is 3.63. The number of hydrogen-bond donors (Lipinski definition) is 1. The minimum absolute atomic E-state index is 0.124. The summed E-state index contributed by atoms with van der Waals surface area (Å²) >= 11 is 0. The fourth-order valence-electron chi connectivity index (χ4n) is 2.45. The van der Waals surface area contributed by atoms with Gasteiger partial charge in [-0.15, -0.1) is 0 Å². The Kier molecular flexibility index (Phi) is 4.81. The van der Waals surface area contributed by atoms with E-state index < -0.39 is 0 Å². The first-order chi connectivity index (χ1) is 9.47. The van der Waals surface area contributed by atoms with Crippen molar-refractivity contribution in [2.24, 2.45) is 0 Å².